The number of aromatic amines is 1. The molecule has 0 spiro atoms. The van der Waals surface area contributed by atoms with Gasteiger partial charge in [-0.3, -0.25) is 14.4 Å². The molecule has 0 saturated carbocycles. The minimum atomic E-state index is -4.45. The lowest BCUT2D eigenvalue weighted by atomic mass is 10.0. The van der Waals surface area contributed by atoms with E-state index in [0.717, 1.165) is 56.5 Å². The van der Waals surface area contributed by atoms with Gasteiger partial charge in [-0.05, 0) is 18.2 Å². The SMILES string of the molecule is FC(F)(F)c1ccc2ncc(-c3nccc(N4CCN(CC5COC5)C(c5cn[nH]c5)C4)n3)n2c1. The molecule has 1 unspecified atom stereocenters. The van der Waals surface area contributed by atoms with E-state index in [1.165, 1.54) is 16.7 Å². The molecule has 0 aliphatic carbocycles. The molecule has 4 aromatic heterocycles. The van der Waals surface area contributed by atoms with Crippen molar-refractivity contribution in [2.45, 2.75) is 12.2 Å². The molecule has 6 rings (SSSR count). The van der Waals surface area contributed by atoms with E-state index < -0.39 is 11.7 Å². The van der Waals surface area contributed by atoms with Crippen LogP contribution in [0.25, 0.3) is 17.2 Å². The molecule has 9 nitrogen and oxygen atoms in total. The smallest absolute Gasteiger partial charge is 0.381 e. The second kappa shape index (κ2) is 8.61. The monoisotopic (exact) mass is 484 g/mol. The number of fused-ring (bicyclic) bond motifs is 1. The lowest BCUT2D eigenvalue weighted by molar-refractivity contribution is -0.137. The Balaban J connectivity index is 1.29. The number of halogens is 3. The number of H-pyrrole nitrogens is 1. The number of nitrogens with one attached hydrogen (secondary N) is 1. The van der Waals surface area contributed by atoms with Gasteiger partial charge in [-0.2, -0.15) is 18.3 Å². The van der Waals surface area contributed by atoms with Gasteiger partial charge in [-0.15, -0.1) is 0 Å². The lowest BCUT2D eigenvalue weighted by Gasteiger charge is -2.44. The molecule has 0 aromatic carbocycles. The summed E-state index contributed by atoms with van der Waals surface area (Å²) in [5.74, 6) is 1.58. The molecule has 35 heavy (non-hydrogen) atoms. The number of rotatable bonds is 5. The predicted octanol–water partition coefficient (Wildman–Crippen LogP) is 3.04. The van der Waals surface area contributed by atoms with Crippen LogP contribution in [-0.2, 0) is 10.9 Å². The van der Waals surface area contributed by atoms with Crippen molar-refractivity contribution in [2.24, 2.45) is 5.92 Å². The maximum atomic E-state index is 13.3. The summed E-state index contributed by atoms with van der Waals surface area (Å²) in [7, 11) is 0. The molecule has 4 aromatic rings. The number of ether oxygens (including phenoxy) is 1. The van der Waals surface area contributed by atoms with Crippen LogP contribution in [0.15, 0.2) is 49.2 Å². The van der Waals surface area contributed by atoms with Gasteiger partial charge in [-0.25, -0.2) is 15.0 Å². The fraction of sp³-hybridized carbons (Fsp3) is 0.391. The van der Waals surface area contributed by atoms with E-state index in [1.54, 1.807) is 6.20 Å². The van der Waals surface area contributed by atoms with Crippen molar-refractivity contribution in [3.8, 4) is 11.5 Å². The maximum absolute atomic E-state index is 13.3. The molecule has 2 aliphatic rings. The highest BCUT2D eigenvalue weighted by molar-refractivity contribution is 5.59. The standard InChI is InChI=1S/C23H23F3N8O/c24-23(25,26)17-1-2-20-28-9-18(34(20)11-17)22-27-4-3-21(31-22)33-6-5-32(10-15-13-35-14-15)19(12-33)16-7-29-30-8-16/h1-4,7-9,11,15,19H,5-6,10,12-14H2,(H,29,30). The van der Waals surface area contributed by atoms with E-state index in [4.69, 9.17) is 9.72 Å². The quantitative estimate of drug-likeness (QED) is 0.466. The number of anilines is 1. The van der Waals surface area contributed by atoms with Crippen molar-refractivity contribution in [2.75, 3.05) is 44.3 Å². The Hall–Kier alpha value is -3.51. The largest absolute Gasteiger partial charge is 0.417 e. The van der Waals surface area contributed by atoms with E-state index in [9.17, 15) is 13.2 Å². The van der Waals surface area contributed by atoms with Crippen molar-refractivity contribution in [1.29, 1.82) is 0 Å². The van der Waals surface area contributed by atoms with E-state index in [0.29, 0.717) is 29.6 Å². The van der Waals surface area contributed by atoms with Crippen molar-refractivity contribution in [1.82, 2.24) is 34.4 Å². The zero-order chi connectivity index (χ0) is 24.0. The number of hydrogen-bond donors (Lipinski definition) is 1. The molecule has 1 N–H and O–H groups in total. The summed E-state index contributed by atoms with van der Waals surface area (Å²) in [6, 6.07) is 4.33. The summed E-state index contributed by atoms with van der Waals surface area (Å²) in [6.07, 6.45) is 3.48. The van der Waals surface area contributed by atoms with Gasteiger partial charge in [0.2, 0.25) is 0 Å². The summed E-state index contributed by atoms with van der Waals surface area (Å²) >= 11 is 0. The summed E-state index contributed by atoms with van der Waals surface area (Å²) in [6.45, 7) is 4.86. The zero-order valence-electron chi connectivity index (χ0n) is 18.7. The highest BCUT2D eigenvalue weighted by atomic mass is 19.4. The van der Waals surface area contributed by atoms with Gasteiger partial charge in [-0.1, -0.05) is 0 Å². The van der Waals surface area contributed by atoms with E-state index in [-0.39, 0.29) is 6.04 Å². The molecule has 1 atom stereocenters. The molecule has 2 fully saturated rings. The van der Waals surface area contributed by atoms with Crippen molar-refractivity contribution < 1.29 is 17.9 Å². The summed E-state index contributed by atoms with van der Waals surface area (Å²) in [4.78, 5) is 17.9. The van der Waals surface area contributed by atoms with Crippen LogP contribution in [0.4, 0.5) is 19.0 Å². The highest BCUT2D eigenvalue weighted by Crippen LogP contribution is 2.32. The normalized spacial score (nSPS) is 19.9. The van der Waals surface area contributed by atoms with Crippen LogP contribution in [0, 0.1) is 5.92 Å². The molecule has 2 saturated heterocycles. The number of imidazole rings is 1. The number of nitrogens with zero attached hydrogens (tertiary/aromatic N) is 7. The molecular weight excluding hydrogens is 461 g/mol. The van der Waals surface area contributed by atoms with Gasteiger partial charge < -0.3 is 9.64 Å². The van der Waals surface area contributed by atoms with Crippen LogP contribution >= 0.6 is 0 Å². The maximum Gasteiger partial charge on any atom is 0.417 e. The minimum absolute atomic E-state index is 0.131. The molecule has 0 amide bonds. The third-order valence-corrected chi connectivity index (χ3v) is 6.62. The Morgan fingerprint density at radius 2 is 1.97 bits per heavy atom. The number of piperazine rings is 1. The van der Waals surface area contributed by atoms with Crippen LogP contribution in [0.2, 0.25) is 0 Å². The predicted molar refractivity (Wildman–Crippen MR) is 121 cm³/mol. The Bertz CT molecular complexity index is 1320. The molecule has 2 aliphatic heterocycles. The molecule has 6 heterocycles. The first-order chi connectivity index (χ1) is 17.0. The molecule has 182 valence electrons. The number of aromatic nitrogens is 6. The van der Waals surface area contributed by atoms with E-state index in [1.807, 2.05) is 18.5 Å². The second-order valence-electron chi connectivity index (χ2n) is 8.92. The zero-order valence-corrected chi connectivity index (χ0v) is 18.7. The lowest BCUT2D eigenvalue weighted by Crippen LogP contribution is -2.52. The van der Waals surface area contributed by atoms with Crippen molar-refractivity contribution >= 4 is 11.5 Å². The summed E-state index contributed by atoms with van der Waals surface area (Å²) < 4.78 is 46.5. The Morgan fingerprint density at radius 3 is 2.71 bits per heavy atom. The first-order valence-corrected chi connectivity index (χ1v) is 11.4. The first-order valence-electron chi connectivity index (χ1n) is 11.4. The van der Waals surface area contributed by atoms with Crippen LogP contribution < -0.4 is 4.90 Å². The van der Waals surface area contributed by atoms with E-state index in [2.05, 4.69) is 30.0 Å². The van der Waals surface area contributed by atoms with Crippen molar-refractivity contribution in [3.63, 3.8) is 0 Å². The van der Waals surface area contributed by atoms with Crippen LogP contribution in [0.3, 0.4) is 0 Å². The van der Waals surface area contributed by atoms with Crippen LogP contribution in [0.1, 0.15) is 17.2 Å². The molecular formula is C23H23F3N8O. The average molecular weight is 484 g/mol. The number of alkyl halides is 3. The Kier molecular flexibility index (Phi) is 5.41. The van der Waals surface area contributed by atoms with Crippen LogP contribution in [-0.4, -0.2) is 73.8 Å². The first kappa shape index (κ1) is 22.0. The molecule has 0 radical (unpaired) electrons. The summed E-state index contributed by atoms with van der Waals surface area (Å²) in [5.41, 5.74) is 1.15. The fourth-order valence-electron chi connectivity index (χ4n) is 4.69. The van der Waals surface area contributed by atoms with Gasteiger partial charge in [0, 0.05) is 56.3 Å². The molecule has 0 bridgehead atoms. The highest BCUT2D eigenvalue weighted by Gasteiger charge is 2.33. The summed E-state index contributed by atoms with van der Waals surface area (Å²) in [5, 5.41) is 7.04. The van der Waals surface area contributed by atoms with E-state index >= 15 is 0 Å². The van der Waals surface area contributed by atoms with Crippen LogP contribution in [0.5, 0.6) is 0 Å². The third kappa shape index (κ3) is 4.23. The topological polar surface area (TPSA) is 87.5 Å². The average Bonchev–Trinajstić information content (AvgIpc) is 3.51. The molecule has 12 heteroatoms. The van der Waals surface area contributed by atoms with Gasteiger partial charge in [0.15, 0.2) is 5.82 Å². The Morgan fingerprint density at radius 1 is 1.09 bits per heavy atom. The number of hydrogen-bond acceptors (Lipinski definition) is 7. The minimum Gasteiger partial charge on any atom is -0.381 e. The van der Waals surface area contributed by atoms with Gasteiger partial charge >= 0.3 is 6.18 Å². The van der Waals surface area contributed by atoms with Gasteiger partial charge in [0.1, 0.15) is 17.2 Å². The third-order valence-electron chi connectivity index (χ3n) is 6.62. The van der Waals surface area contributed by atoms with Crippen molar-refractivity contribution in [3.05, 3.63) is 60.3 Å². The van der Waals surface area contributed by atoms with Gasteiger partial charge in [0.25, 0.3) is 0 Å². The Labute approximate surface area is 198 Å². The number of pyridine rings is 1. The fourth-order valence-corrected chi connectivity index (χ4v) is 4.69. The van der Waals surface area contributed by atoms with Gasteiger partial charge in [0.05, 0.1) is 37.2 Å². The second-order valence-corrected chi connectivity index (χ2v) is 8.92.